The summed E-state index contributed by atoms with van der Waals surface area (Å²) >= 11 is 0. The van der Waals surface area contributed by atoms with Crippen LogP contribution in [0, 0.1) is 26.2 Å². The van der Waals surface area contributed by atoms with Crippen molar-refractivity contribution >= 4 is 28.6 Å². The maximum absolute atomic E-state index is 14.3. The maximum Gasteiger partial charge on any atom is 0.343 e. The molecule has 11 nitrogen and oxygen atoms in total. The van der Waals surface area contributed by atoms with Crippen LogP contribution in [0.3, 0.4) is 0 Å². The van der Waals surface area contributed by atoms with Crippen LogP contribution in [0.5, 0.6) is 11.5 Å². The van der Waals surface area contributed by atoms with Crippen molar-refractivity contribution in [1.29, 1.82) is 0 Å². The molecule has 4 rings (SSSR count). The number of hydrogen-bond donors (Lipinski definition) is 0. The van der Waals surface area contributed by atoms with E-state index in [0.29, 0.717) is 5.65 Å². The normalized spacial score (nSPS) is 12.0. The fourth-order valence-electron chi connectivity index (χ4n) is 4.32. The van der Waals surface area contributed by atoms with Crippen LogP contribution in [0.4, 0.5) is 0 Å². The first-order valence-electron chi connectivity index (χ1n) is 13.6. The van der Waals surface area contributed by atoms with Gasteiger partial charge in [-0.1, -0.05) is 0 Å². The van der Waals surface area contributed by atoms with Gasteiger partial charge in [0, 0.05) is 19.4 Å². The van der Waals surface area contributed by atoms with Gasteiger partial charge >= 0.3 is 11.9 Å². The molecule has 0 aliphatic heterocycles. The maximum atomic E-state index is 14.3. The summed E-state index contributed by atoms with van der Waals surface area (Å²) in [6.45, 7) is 15.0. The summed E-state index contributed by atoms with van der Waals surface area (Å²) in [5.41, 5.74) is -1.23. The van der Waals surface area contributed by atoms with Crippen molar-refractivity contribution < 1.29 is 33.0 Å². The number of carbonyl (C=O) groups excluding carboxylic acids is 2. The smallest absolute Gasteiger partial charge is 0.343 e. The largest absolute Gasteiger partial charge is 0.463 e. The standard InChI is InChI=1S/C32H36N2O9/c1-16-11-22-33-18(3)23(28(36)34(22)13-17(16)2)19-14-40-20-12-21(41-15-39-10)27(42-30(38)31(4,5)6)25(24(20)26(19)35)29(37)43-32(7,8)9/h11-14H,15H2,1-10H3. The molecule has 1 aromatic carbocycles. The third-order valence-electron chi connectivity index (χ3n) is 6.61. The van der Waals surface area contributed by atoms with Crippen LogP contribution >= 0.6 is 0 Å². The van der Waals surface area contributed by atoms with Gasteiger partial charge in [0.15, 0.2) is 18.3 Å². The molecule has 0 spiro atoms. The van der Waals surface area contributed by atoms with E-state index in [2.05, 4.69) is 4.98 Å². The molecule has 0 saturated heterocycles. The van der Waals surface area contributed by atoms with Crippen molar-refractivity contribution in [2.45, 2.75) is 67.9 Å². The predicted molar refractivity (Wildman–Crippen MR) is 160 cm³/mol. The molecule has 228 valence electrons. The molecule has 4 aromatic rings. The monoisotopic (exact) mass is 592 g/mol. The number of hydrogen-bond acceptors (Lipinski definition) is 10. The van der Waals surface area contributed by atoms with Crippen LogP contribution in [0.15, 0.2) is 38.6 Å². The highest BCUT2D eigenvalue weighted by Crippen LogP contribution is 2.40. The SMILES string of the molecule is COCOc1cc2occ(-c3c(C)nc4cc(C)c(C)cn4c3=O)c(=O)c2c(C(=O)OC(C)(C)C)c1OC(=O)C(C)(C)C. The second kappa shape index (κ2) is 11.3. The Bertz CT molecular complexity index is 1890. The number of esters is 2. The third kappa shape index (κ3) is 6.17. The molecule has 11 heteroatoms. The number of carbonyl (C=O) groups is 2. The van der Waals surface area contributed by atoms with Gasteiger partial charge in [0.05, 0.1) is 27.6 Å². The van der Waals surface area contributed by atoms with Gasteiger partial charge in [-0.25, -0.2) is 9.78 Å². The van der Waals surface area contributed by atoms with Crippen molar-refractivity contribution in [2.75, 3.05) is 13.9 Å². The molecular weight excluding hydrogens is 556 g/mol. The quantitative estimate of drug-likeness (QED) is 0.165. The van der Waals surface area contributed by atoms with E-state index in [1.54, 1.807) is 60.7 Å². The summed E-state index contributed by atoms with van der Waals surface area (Å²) in [4.78, 5) is 59.5. The van der Waals surface area contributed by atoms with Crippen LogP contribution in [0.2, 0.25) is 0 Å². The predicted octanol–water partition coefficient (Wildman–Crippen LogP) is 5.28. The van der Waals surface area contributed by atoms with Crippen molar-refractivity contribution in [2.24, 2.45) is 5.41 Å². The lowest BCUT2D eigenvalue weighted by molar-refractivity contribution is -0.143. The van der Waals surface area contributed by atoms with Gasteiger partial charge in [0.1, 0.15) is 28.7 Å². The highest BCUT2D eigenvalue weighted by molar-refractivity contribution is 6.08. The fraction of sp³-hybridized carbons (Fsp3) is 0.406. The lowest BCUT2D eigenvalue weighted by Crippen LogP contribution is -2.29. The van der Waals surface area contributed by atoms with Gasteiger partial charge in [0.25, 0.3) is 5.56 Å². The second-order valence-corrected chi connectivity index (χ2v) is 12.4. The summed E-state index contributed by atoms with van der Waals surface area (Å²) in [5.74, 6) is -2.08. The summed E-state index contributed by atoms with van der Waals surface area (Å²) in [6.07, 6.45) is 2.80. The van der Waals surface area contributed by atoms with E-state index in [9.17, 15) is 19.2 Å². The van der Waals surface area contributed by atoms with E-state index in [-0.39, 0.29) is 51.6 Å². The molecule has 0 atom stereocenters. The average molecular weight is 593 g/mol. The van der Waals surface area contributed by atoms with Crippen molar-refractivity contribution in [3.8, 4) is 22.6 Å². The number of ether oxygens (including phenoxy) is 4. The molecular formula is C32H36N2O9. The summed E-state index contributed by atoms with van der Waals surface area (Å²) in [5, 5.41) is -0.253. The average Bonchev–Trinajstić information content (AvgIpc) is 2.88. The summed E-state index contributed by atoms with van der Waals surface area (Å²) in [7, 11) is 1.39. The van der Waals surface area contributed by atoms with Crippen molar-refractivity contribution in [3.05, 3.63) is 67.6 Å². The molecule has 0 aliphatic rings. The molecule has 0 saturated carbocycles. The number of benzene rings is 1. The molecule has 43 heavy (non-hydrogen) atoms. The zero-order valence-electron chi connectivity index (χ0n) is 26.1. The minimum atomic E-state index is -0.983. The number of nitrogens with zero attached hydrogens (tertiary/aromatic N) is 2. The second-order valence-electron chi connectivity index (χ2n) is 12.4. The van der Waals surface area contributed by atoms with Gasteiger partial charge in [-0.2, -0.15) is 0 Å². The van der Waals surface area contributed by atoms with Crippen molar-refractivity contribution in [3.63, 3.8) is 0 Å². The van der Waals surface area contributed by atoms with E-state index >= 15 is 0 Å². The highest BCUT2D eigenvalue weighted by atomic mass is 16.7. The van der Waals surface area contributed by atoms with Crippen LogP contribution in [0.1, 0.15) is 68.7 Å². The Morgan fingerprint density at radius 1 is 1.00 bits per heavy atom. The van der Waals surface area contributed by atoms with Gasteiger partial charge in [-0.3, -0.25) is 18.8 Å². The van der Waals surface area contributed by atoms with E-state index < -0.39 is 33.9 Å². The number of aromatic nitrogens is 2. The number of methoxy groups -OCH3 is 1. The summed E-state index contributed by atoms with van der Waals surface area (Å²) in [6, 6.07) is 3.11. The lowest BCUT2D eigenvalue weighted by Gasteiger charge is -2.23. The highest BCUT2D eigenvalue weighted by Gasteiger charge is 2.34. The van der Waals surface area contributed by atoms with Crippen LogP contribution in [-0.2, 0) is 14.3 Å². The van der Waals surface area contributed by atoms with Gasteiger partial charge in [-0.15, -0.1) is 0 Å². The third-order valence-corrected chi connectivity index (χ3v) is 6.61. The molecule has 0 N–H and O–H groups in total. The molecule has 0 radical (unpaired) electrons. The summed E-state index contributed by atoms with van der Waals surface area (Å²) < 4.78 is 29.3. The zero-order chi connectivity index (χ0) is 32.0. The Morgan fingerprint density at radius 2 is 1.67 bits per heavy atom. The van der Waals surface area contributed by atoms with Crippen LogP contribution in [-0.4, -0.2) is 40.8 Å². The number of pyridine rings is 1. The van der Waals surface area contributed by atoms with E-state index in [1.807, 2.05) is 13.8 Å². The first-order chi connectivity index (χ1) is 19.9. The van der Waals surface area contributed by atoms with Crippen LogP contribution in [0.25, 0.3) is 27.7 Å². The zero-order valence-corrected chi connectivity index (χ0v) is 26.1. The molecule has 0 aliphatic carbocycles. The van der Waals surface area contributed by atoms with Gasteiger partial charge in [0.2, 0.25) is 5.43 Å². The van der Waals surface area contributed by atoms with Crippen molar-refractivity contribution in [1.82, 2.24) is 9.38 Å². The Balaban J connectivity index is 2.13. The molecule has 0 amide bonds. The Kier molecular flexibility index (Phi) is 8.25. The van der Waals surface area contributed by atoms with E-state index in [1.165, 1.54) is 17.6 Å². The Hall–Kier alpha value is -4.51. The fourth-order valence-corrected chi connectivity index (χ4v) is 4.32. The Morgan fingerprint density at radius 3 is 2.28 bits per heavy atom. The number of aryl methyl sites for hydroxylation is 3. The minimum absolute atomic E-state index is 0.000474. The van der Waals surface area contributed by atoms with Gasteiger partial charge < -0.3 is 23.4 Å². The number of fused-ring (bicyclic) bond motifs is 2. The van der Waals surface area contributed by atoms with E-state index in [4.69, 9.17) is 23.4 Å². The Labute approximate surface area is 248 Å². The number of rotatable bonds is 6. The topological polar surface area (TPSA) is 136 Å². The first kappa shape index (κ1) is 31.4. The molecule has 0 fully saturated rings. The molecule has 0 bridgehead atoms. The lowest BCUT2D eigenvalue weighted by atomic mass is 9.97. The molecule has 3 heterocycles. The van der Waals surface area contributed by atoms with E-state index in [0.717, 1.165) is 17.4 Å². The minimum Gasteiger partial charge on any atom is -0.463 e. The molecule has 3 aromatic heterocycles. The molecule has 0 unspecified atom stereocenters. The van der Waals surface area contributed by atoms with Crippen LogP contribution < -0.4 is 20.5 Å². The first-order valence-corrected chi connectivity index (χ1v) is 13.6. The van der Waals surface area contributed by atoms with Gasteiger partial charge in [-0.05, 0) is 79.5 Å².